The second-order valence-corrected chi connectivity index (χ2v) is 5.88. The Balaban J connectivity index is 2.66. The number of sulfonamides is 1. The second-order valence-electron chi connectivity index (χ2n) is 4.17. The Kier molecular flexibility index (Phi) is 6.05. The van der Waals surface area contributed by atoms with E-state index in [9.17, 15) is 17.6 Å². The van der Waals surface area contributed by atoms with Crippen molar-refractivity contribution in [2.45, 2.75) is 24.3 Å². The van der Waals surface area contributed by atoms with Crippen LogP contribution >= 0.6 is 0 Å². The van der Waals surface area contributed by atoms with Gasteiger partial charge in [-0.25, -0.2) is 12.8 Å². The highest BCUT2D eigenvalue weighted by atomic mass is 32.2. The largest absolute Gasteiger partial charge is 0.396 e. The van der Waals surface area contributed by atoms with Gasteiger partial charge < -0.3 is 10.4 Å². The molecule has 0 fully saturated rings. The number of aliphatic hydroxyl groups is 1. The van der Waals surface area contributed by atoms with Crippen LogP contribution in [0, 0.1) is 5.82 Å². The lowest BCUT2D eigenvalue weighted by Gasteiger charge is -2.14. The molecule has 0 aromatic heterocycles. The maximum atomic E-state index is 12.7. The standard InChI is InChI=1S/C12H17FN2O4S/c1-9(12(17)14-7-2-8-16)15-20(18,19)11-5-3-10(13)4-6-11/h3-6,9,15-16H,2,7-8H2,1H3,(H,14,17)/t9-/m0/s1. The molecule has 0 radical (unpaired) electrons. The first-order valence-electron chi connectivity index (χ1n) is 6.03. The van der Waals surface area contributed by atoms with Gasteiger partial charge in [-0.3, -0.25) is 4.79 Å². The Bertz CT molecular complexity index is 545. The van der Waals surface area contributed by atoms with Gasteiger partial charge in [-0.05, 0) is 37.6 Å². The Morgan fingerprint density at radius 1 is 1.35 bits per heavy atom. The number of benzene rings is 1. The van der Waals surface area contributed by atoms with E-state index in [1.54, 1.807) is 0 Å². The fourth-order valence-corrected chi connectivity index (χ4v) is 2.61. The molecule has 0 aliphatic heterocycles. The molecule has 0 spiro atoms. The first-order chi connectivity index (χ1) is 9.36. The zero-order valence-corrected chi connectivity index (χ0v) is 11.8. The third-order valence-corrected chi connectivity index (χ3v) is 4.04. The van der Waals surface area contributed by atoms with E-state index < -0.39 is 27.8 Å². The Morgan fingerprint density at radius 2 is 1.95 bits per heavy atom. The monoisotopic (exact) mass is 304 g/mol. The van der Waals surface area contributed by atoms with Crippen LogP contribution in [0.1, 0.15) is 13.3 Å². The smallest absolute Gasteiger partial charge is 0.241 e. The van der Waals surface area contributed by atoms with Gasteiger partial charge in [0.15, 0.2) is 0 Å². The molecule has 0 heterocycles. The van der Waals surface area contributed by atoms with Crippen LogP contribution < -0.4 is 10.0 Å². The van der Waals surface area contributed by atoms with Gasteiger partial charge >= 0.3 is 0 Å². The summed E-state index contributed by atoms with van der Waals surface area (Å²) in [6, 6.07) is 3.33. The molecule has 1 amide bonds. The molecule has 0 aliphatic rings. The number of rotatable bonds is 7. The molecule has 1 aromatic carbocycles. The van der Waals surface area contributed by atoms with Crippen molar-refractivity contribution in [2.75, 3.05) is 13.2 Å². The maximum Gasteiger partial charge on any atom is 0.241 e. The predicted molar refractivity (Wildman–Crippen MR) is 70.9 cm³/mol. The quantitative estimate of drug-likeness (QED) is 0.617. The molecule has 6 nitrogen and oxygen atoms in total. The summed E-state index contributed by atoms with van der Waals surface area (Å²) < 4.78 is 38.8. The van der Waals surface area contributed by atoms with Crippen molar-refractivity contribution in [3.63, 3.8) is 0 Å². The lowest BCUT2D eigenvalue weighted by Crippen LogP contribution is -2.45. The third-order valence-electron chi connectivity index (χ3n) is 2.48. The first-order valence-corrected chi connectivity index (χ1v) is 7.51. The van der Waals surface area contributed by atoms with Crippen LogP contribution in [-0.4, -0.2) is 38.6 Å². The van der Waals surface area contributed by atoms with E-state index in [2.05, 4.69) is 10.0 Å². The minimum absolute atomic E-state index is 0.0596. The van der Waals surface area contributed by atoms with Gasteiger partial charge in [-0.2, -0.15) is 4.72 Å². The van der Waals surface area contributed by atoms with E-state index in [0.717, 1.165) is 24.3 Å². The fraction of sp³-hybridized carbons (Fsp3) is 0.417. The summed E-state index contributed by atoms with van der Waals surface area (Å²) >= 11 is 0. The number of hydrogen-bond donors (Lipinski definition) is 3. The van der Waals surface area contributed by atoms with Gasteiger partial charge in [-0.1, -0.05) is 0 Å². The third kappa shape index (κ3) is 4.87. The average Bonchev–Trinajstić information content (AvgIpc) is 2.38. The number of aliphatic hydroxyl groups excluding tert-OH is 1. The molecule has 1 aromatic rings. The highest BCUT2D eigenvalue weighted by molar-refractivity contribution is 7.89. The summed E-state index contributed by atoms with van der Waals surface area (Å²) in [5.74, 6) is -1.04. The number of halogens is 1. The van der Waals surface area contributed by atoms with Gasteiger partial charge in [0.05, 0.1) is 10.9 Å². The Hall–Kier alpha value is -1.51. The zero-order valence-electron chi connectivity index (χ0n) is 11.0. The van der Waals surface area contributed by atoms with Crippen LogP contribution in [0.25, 0.3) is 0 Å². The average molecular weight is 304 g/mol. The van der Waals surface area contributed by atoms with Crippen LogP contribution in [0.2, 0.25) is 0 Å². The molecule has 0 unspecified atom stereocenters. The molecule has 0 aliphatic carbocycles. The van der Waals surface area contributed by atoms with Crippen molar-refractivity contribution in [2.24, 2.45) is 0 Å². The summed E-state index contributed by atoms with van der Waals surface area (Å²) in [6.07, 6.45) is 0.392. The minimum Gasteiger partial charge on any atom is -0.396 e. The molecule has 8 heteroatoms. The number of nitrogens with one attached hydrogen (secondary N) is 2. The summed E-state index contributed by atoms with van der Waals surface area (Å²) in [7, 11) is -3.88. The van der Waals surface area contributed by atoms with Crippen LogP contribution in [-0.2, 0) is 14.8 Å². The van der Waals surface area contributed by atoms with Crippen molar-refractivity contribution in [3.05, 3.63) is 30.1 Å². The van der Waals surface area contributed by atoms with Crippen molar-refractivity contribution in [3.8, 4) is 0 Å². The number of carbonyl (C=O) groups excluding carboxylic acids is 1. The molecule has 1 atom stereocenters. The van der Waals surface area contributed by atoms with E-state index in [0.29, 0.717) is 6.42 Å². The van der Waals surface area contributed by atoms with Gasteiger partial charge in [0, 0.05) is 13.2 Å². The van der Waals surface area contributed by atoms with Crippen molar-refractivity contribution >= 4 is 15.9 Å². The zero-order chi connectivity index (χ0) is 15.2. The minimum atomic E-state index is -3.88. The molecule has 112 valence electrons. The summed E-state index contributed by atoms with van der Waals surface area (Å²) in [6.45, 7) is 1.60. The van der Waals surface area contributed by atoms with E-state index in [-0.39, 0.29) is 18.0 Å². The summed E-state index contributed by atoms with van der Waals surface area (Å²) in [5, 5.41) is 11.1. The molecular weight excluding hydrogens is 287 g/mol. The first kappa shape index (κ1) is 16.5. The summed E-state index contributed by atoms with van der Waals surface area (Å²) in [4.78, 5) is 11.5. The predicted octanol–water partition coefficient (Wildman–Crippen LogP) is -0.00890. The lowest BCUT2D eigenvalue weighted by molar-refractivity contribution is -0.122. The molecule has 0 bridgehead atoms. The SMILES string of the molecule is C[C@H](NS(=O)(=O)c1ccc(F)cc1)C(=O)NCCCO. The Labute approximate surface area is 117 Å². The maximum absolute atomic E-state index is 12.7. The van der Waals surface area contributed by atoms with E-state index in [1.165, 1.54) is 6.92 Å². The van der Waals surface area contributed by atoms with Crippen LogP contribution in [0.5, 0.6) is 0 Å². The molecular formula is C12H17FN2O4S. The van der Waals surface area contributed by atoms with Gasteiger partial charge in [-0.15, -0.1) is 0 Å². The van der Waals surface area contributed by atoms with E-state index >= 15 is 0 Å². The highest BCUT2D eigenvalue weighted by Gasteiger charge is 2.21. The van der Waals surface area contributed by atoms with Crippen LogP contribution in [0.3, 0.4) is 0 Å². The molecule has 0 saturated carbocycles. The topological polar surface area (TPSA) is 95.5 Å². The molecule has 20 heavy (non-hydrogen) atoms. The van der Waals surface area contributed by atoms with Gasteiger partial charge in [0.2, 0.25) is 15.9 Å². The lowest BCUT2D eigenvalue weighted by atomic mass is 10.3. The summed E-state index contributed by atoms with van der Waals surface area (Å²) in [5.41, 5.74) is 0. The number of carbonyl (C=O) groups is 1. The number of hydrogen-bond acceptors (Lipinski definition) is 4. The fourth-order valence-electron chi connectivity index (χ4n) is 1.41. The molecule has 0 saturated heterocycles. The number of amides is 1. The normalized spacial score (nSPS) is 12.9. The van der Waals surface area contributed by atoms with Gasteiger partial charge in [0.1, 0.15) is 5.82 Å². The van der Waals surface area contributed by atoms with Crippen molar-refractivity contribution in [1.29, 1.82) is 0 Å². The van der Waals surface area contributed by atoms with Crippen LogP contribution in [0.15, 0.2) is 29.2 Å². The van der Waals surface area contributed by atoms with Crippen molar-refractivity contribution in [1.82, 2.24) is 10.0 Å². The van der Waals surface area contributed by atoms with E-state index in [4.69, 9.17) is 5.11 Å². The highest BCUT2D eigenvalue weighted by Crippen LogP contribution is 2.10. The molecule has 3 N–H and O–H groups in total. The van der Waals surface area contributed by atoms with E-state index in [1.807, 2.05) is 0 Å². The van der Waals surface area contributed by atoms with Crippen molar-refractivity contribution < 1.29 is 22.7 Å². The second kappa shape index (κ2) is 7.32. The van der Waals surface area contributed by atoms with Crippen LogP contribution in [0.4, 0.5) is 4.39 Å². The van der Waals surface area contributed by atoms with Gasteiger partial charge in [0.25, 0.3) is 0 Å². The molecule has 1 rings (SSSR count). The Morgan fingerprint density at radius 3 is 2.50 bits per heavy atom.